The van der Waals surface area contributed by atoms with E-state index >= 15 is 0 Å². The molecule has 1 atom stereocenters. The van der Waals surface area contributed by atoms with Crippen LogP contribution in [0.1, 0.15) is 50.3 Å². The van der Waals surface area contributed by atoms with Crippen molar-refractivity contribution in [3.8, 4) is 34.1 Å². The second-order valence-corrected chi connectivity index (χ2v) is 12.5. The first-order chi connectivity index (χ1) is 23.3. The molecule has 0 radical (unpaired) electrons. The Morgan fingerprint density at radius 1 is 0.980 bits per heavy atom. The normalized spacial score (nSPS) is 14.9. The zero-order chi connectivity index (χ0) is 35.5. The van der Waals surface area contributed by atoms with Gasteiger partial charge in [-0.3, -0.25) is 9.59 Å². The number of carbonyl (C=O) groups is 2. The van der Waals surface area contributed by atoms with Crippen LogP contribution in [0.3, 0.4) is 0 Å². The summed E-state index contributed by atoms with van der Waals surface area (Å²) < 4.78 is 17.8. The van der Waals surface area contributed by atoms with Crippen molar-refractivity contribution < 1.29 is 33.7 Å². The van der Waals surface area contributed by atoms with Gasteiger partial charge in [0, 0.05) is 17.1 Å². The number of methoxy groups -OCH3 is 1. The molecule has 4 aromatic rings. The third-order valence-corrected chi connectivity index (χ3v) is 8.17. The zero-order valence-corrected chi connectivity index (χ0v) is 28.1. The molecule has 2 heterocycles. The highest BCUT2D eigenvalue weighted by molar-refractivity contribution is 6.18. The van der Waals surface area contributed by atoms with Crippen LogP contribution in [0.5, 0.6) is 23.0 Å². The maximum atomic E-state index is 12.9. The highest BCUT2D eigenvalue weighted by Crippen LogP contribution is 2.49. The van der Waals surface area contributed by atoms with E-state index in [1.165, 1.54) is 37.5 Å². The Balaban J connectivity index is 0.000000232. The molecule has 0 spiro atoms. The molecule has 2 aliphatic rings. The van der Waals surface area contributed by atoms with Gasteiger partial charge in [-0.25, -0.2) is 4.79 Å². The third-order valence-electron chi connectivity index (χ3n) is 8.17. The Morgan fingerprint density at radius 2 is 1.67 bits per heavy atom. The summed E-state index contributed by atoms with van der Waals surface area (Å²) in [5.41, 5.74) is 3.30. The summed E-state index contributed by atoms with van der Waals surface area (Å²) in [4.78, 5) is 36.0. The van der Waals surface area contributed by atoms with Crippen molar-refractivity contribution in [1.82, 2.24) is 0 Å². The van der Waals surface area contributed by atoms with Gasteiger partial charge in [0.25, 0.3) is 0 Å². The van der Waals surface area contributed by atoms with Gasteiger partial charge in [0.15, 0.2) is 17.1 Å². The van der Waals surface area contributed by atoms with Crippen LogP contribution in [0.25, 0.3) is 28.2 Å². The number of benzene rings is 3. The van der Waals surface area contributed by atoms with Gasteiger partial charge in [0.05, 0.1) is 12.7 Å². The predicted molar refractivity (Wildman–Crippen MR) is 191 cm³/mol. The Morgan fingerprint density at radius 3 is 2.31 bits per heavy atom. The first-order valence-electron chi connectivity index (χ1n) is 15.7. The second-order valence-electron chi connectivity index (χ2n) is 12.5. The van der Waals surface area contributed by atoms with E-state index in [-0.39, 0.29) is 40.1 Å². The minimum atomic E-state index is -0.694. The van der Waals surface area contributed by atoms with Gasteiger partial charge in [0.1, 0.15) is 39.5 Å². The molecule has 1 aromatic heterocycles. The number of phenolic OH excluding ortho intramolecular Hbond substituents is 1. The molecule has 1 aliphatic heterocycles. The van der Waals surface area contributed by atoms with Crippen LogP contribution in [0.15, 0.2) is 118 Å². The molecule has 0 saturated carbocycles. The fourth-order valence-corrected chi connectivity index (χ4v) is 5.77. The van der Waals surface area contributed by atoms with Gasteiger partial charge in [-0.15, -0.1) is 6.58 Å². The van der Waals surface area contributed by atoms with Crippen LogP contribution >= 0.6 is 0 Å². The quantitative estimate of drug-likeness (QED) is 0.116. The molecular weight excluding hydrogens is 620 g/mol. The largest absolute Gasteiger partial charge is 0.508 e. The standard InChI is InChI=1S/C26H26O6.C15H12O2/c1-14(2)6-11-17-22-18(12-13-26(3,4)32-22)24-20(23(17)30-5)21(28)19(25(29)31-24)15-7-9-16(27)10-8-15;1-2-13(11-6-4-3-5-7-11)14-10-12(16)8-9-15(14)17/h6-10,12-13,27-28H,11H2,1-5H3;2-10,13H,1H2. The fraction of sp³-hybridized carbons (Fsp3) is 0.195. The van der Waals surface area contributed by atoms with Crippen LogP contribution in [0.2, 0.25) is 0 Å². The second kappa shape index (κ2) is 14.1. The van der Waals surface area contributed by atoms with Crippen LogP contribution in [0, 0.1) is 0 Å². The lowest BCUT2D eigenvalue weighted by Gasteiger charge is -2.31. The summed E-state index contributed by atoms with van der Waals surface area (Å²) in [7, 11) is 1.52. The molecule has 0 fully saturated rings. The summed E-state index contributed by atoms with van der Waals surface area (Å²) in [5, 5.41) is 21.2. The van der Waals surface area contributed by atoms with Crippen LogP contribution in [-0.2, 0) is 16.0 Å². The van der Waals surface area contributed by atoms with Gasteiger partial charge in [-0.2, -0.15) is 0 Å². The minimum Gasteiger partial charge on any atom is -0.508 e. The average Bonchev–Trinajstić information content (AvgIpc) is 3.06. The SMILES string of the molecule is C=CC(C1=CC(=O)C=CC1=O)c1ccccc1.COc1c(CC=C(C)C)c2c(c3oc(=O)c(-c4ccc(O)cc4)c(O)c13)C=CC(C)(C)O2. The van der Waals surface area contributed by atoms with Crippen molar-refractivity contribution in [2.75, 3.05) is 7.11 Å². The van der Waals surface area contributed by atoms with E-state index in [1.54, 1.807) is 18.2 Å². The number of phenols is 1. The molecule has 0 saturated heterocycles. The van der Waals surface area contributed by atoms with Crippen molar-refractivity contribution in [3.05, 3.63) is 136 Å². The van der Waals surface area contributed by atoms with Crippen molar-refractivity contribution in [3.63, 3.8) is 0 Å². The molecule has 8 nitrogen and oxygen atoms in total. The van der Waals surface area contributed by atoms with E-state index in [2.05, 4.69) is 12.7 Å². The van der Waals surface area contributed by atoms with Crippen molar-refractivity contribution in [1.29, 1.82) is 0 Å². The van der Waals surface area contributed by atoms with Crippen LogP contribution in [-0.4, -0.2) is 34.5 Å². The lowest BCUT2D eigenvalue weighted by Crippen LogP contribution is -2.28. The first-order valence-corrected chi connectivity index (χ1v) is 15.7. The number of allylic oxidation sites excluding steroid dienone is 7. The van der Waals surface area contributed by atoms with E-state index < -0.39 is 11.2 Å². The van der Waals surface area contributed by atoms with Gasteiger partial charge in [-0.05, 0) is 87.8 Å². The molecule has 1 unspecified atom stereocenters. The van der Waals surface area contributed by atoms with E-state index in [0.29, 0.717) is 40.0 Å². The Hall–Kier alpha value is -5.89. The van der Waals surface area contributed by atoms with E-state index in [4.69, 9.17) is 13.9 Å². The first kappa shape index (κ1) is 34.4. The Bertz CT molecular complexity index is 2120. The average molecular weight is 659 g/mol. The summed E-state index contributed by atoms with van der Waals surface area (Å²) in [6.45, 7) is 11.6. The van der Waals surface area contributed by atoms with E-state index in [9.17, 15) is 24.6 Å². The highest BCUT2D eigenvalue weighted by atomic mass is 16.5. The third kappa shape index (κ3) is 7.18. The molecule has 6 rings (SSSR count). The number of hydrogen-bond acceptors (Lipinski definition) is 8. The smallest absolute Gasteiger partial charge is 0.348 e. The summed E-state index contributed by atoms with van der Waals surface area (Å²) in [5.74, 6) is 0.276. The van der Waals surface area contributed by atoms with Gasteiger partial charge < -0.3 is 24.1 Å². The summed E-state index contributed by atoms with van der Waals surface area (Å²) in [6, 6.07) is 15.5. The van der Waals surface area contributed by atoms with Gasteiger partial charge in [-0.1, -0.05) is 60.2 Å². The van der Waals surface area contributed by atoms with Crippen LogP contribution < -0.4 is 15.1 Å². The summed E-state index contributed by atoms with van der Waals surface area (Å²) in [6.07, 6.45) is 12.0. The number of ether oxygens (including phenoxy) is 2. The molecule has 49 heavy (non-hydrogen) atoms. The number of aromatic hydroxyl groups is 2. The molecule has 3 aromatic carbocycles. The van der Waals surface area contributed by atoms with E-state index in [0.717, 1.165) is 16.7 Å². The molecule has 250 valence electrons. The zero-order valence-electron chi connectivity index (χ0n) is 28.1. The molecule has 0 amide bonds. The summed E-state index contributed by atoms with van der Waals surface area (Å²) >= 11 is 0. The number of ketones is 2. The number of fused-ring (bicyclic) bond motifs is 3. The number of carbonyl (C=O) groups excluding carboxylic acids is 2. The van der Waals surface area contributed by atoms with Gasteiger partial charge in [0.2, 0.25) is 0 Å². The lowest BCUT2D eigenvalue weighted by molar-refractivity contribution is -0.114. The Labute approximate surface area is 284 Å². The molecule has 0 bridgehead atoms. The fourth-order valence-electron chi connectivity index (χ4n) is 5.77. The Kier molecular flexibility index (Phi) is 9.89. The molecule has 1 aliphatic carbocycles. The minimum absolute atomic E-state index is 0.00458. The predicted octanol–water partition coefficient (Wildman–Crippen LogP) is 8.16. The highest BCUT2D eigenvalue weighted by Gasteiger charge is 2.32. The number of hydrogen-bond donors (Lipinski definition) is 2. The van der Waals surface area contributed by atoms with Crippen LogP contribution in [0.4, 0.5) is 0 Å². The van der Waals surface area contributed by atoms with Crippen molar-refractivity contribution >= 4 is 28.6 Å². The van der Waals surface area contributed by atoms with Crippen molar-refractivity contribution in [2.24, 2.45) is 0 Å². The molecule has 2 N–H and O–H groups in total. The monoisotopic (exact) mass is 658 g/mol. The molecular formula is C41H38O8. The topological polar surface area (TPSA) is 123 Å². The number of rotatable bonds is 7. The maximum Gasteiger partial charge on any atom is 0.348 e. The van der Waals surface area contributed by atoms with E-state index in [1.807, 2.05) is 70.2 Å². The molecule has 8 heteroatoms. The van der Waals surface area contributed by atoms with Crippen molar-refractivity contribution in [2.45, 2.75) is 45.6 Å². The maximum absolute atomic E-state index is 12.9. The lowest BCUT2D eigenvalue weighted by atomic mass is 9.86. The van der Waals surface area contributed by atoms with Gasteiger partial charge >= 0.3 is 5.63 Å².